The van der Waals surface area contributed by atoms with E-state index >= 15 is 0 Å². The van der Waals surface area contributed by atoms with Crippen molar-refractivity contribution < 1.29 is 14.6 Å². The van der Waals surface area contributed by atoms with Crippen LogP contribution >= 0.6 is 0 Å². The number of rotatable bonds is 13. The lowest BCUT2D eigenvalue weighted by Gasteiger charge is -1.86. The molecule has 0 radical (unpaired) electrons. The largest absolute Gasteiger partial charge is 0.481 e. The lowest BCUT2D eigenvalue weighted by atomic mass is 10.2. The van der Waals surface area contributed by atoms with Crippen LogP contribution in [0.3, 0.4) is 0 Å². The van der Waals surface area contributed by atoms with Gasteiger partial charge >= 0.3 is 5.97 Å². The lowest BCUT2D eigenvalue weighted by molar-refractivity contribution is -0.136. The van der Waals surface area contributed by atoms with E-state index in [4.69, 9.17) is 9.84 Å². The number of hydrogen-bond donors (Lipinski definition) is 1. The quantitative estimate of drug-likeness (QED) is 0.272. The third-order valence-electron chi connectivity index (χ3n) is 3.57. The average Bonchev–Trinajstić information content (AvgIpc) is 3.33. The van der Waals surface area contributed by atoms with Gasteiger partial charge in [-0.15, -0.1) is 0 Å². The van der Waals surface area contributed by atoms with Gasteiger partial charge in [-0.1, -0.05) is 79.8 Å². The maximum absolute atomic E-state index is 10.3. The summed E-state index contributed by atoms with van der Waals surface area (Å²) in [5.74, 6) is -0.748. The molecule has 1 heterocycles. The van der Waals surface area contributed by atoms with E-state index < -0.39 is 5.97 Å². The van der Waals surface area contributed by atoms with Crippen molar-refractivity contribution in [3.63, 3.8) is 0 Å². The summed E-state index contributed by atoms with van der Waals surface area (Å²) in [4.78, 5) is 10.3. The van der Waals surface area contributed by atoms with Gasteiger partial charge in [0.25, 0.3) is 0 Å². The molecular formula is C22H30O3. The topological polar surface area (TPSA) is 49.8 Å². The monoisotopic (exact) mass is 342 g/mol. The Hall–Kier alpha value is -2.13. The van der Waals surface area contributed by atoms with Crippen molar-refractivity contribution in [3.05, 3.63) is 72.9 Å². The van der Waals surface area contributed by atoms with Crippen LogP contribution in [0.25, 0.3) is 0 Å². The van der Waals surface area contributed by atoms with E-state index in [2.05, 4.69) is 43.4 Å². The molecule has 0 spiro atoms. The molecule has 0 saturated carbocycles. The number of carbonyl (C=O) groups is 1. The first kappa shape index (κ1) is 20.9. The van der Waals surface area contributed by atoms with Crippen LogP contribution in [0.1, 0.15) is 45.4 Å². The standard InChI is InChI=1S/C22H30O3/c1-2-3-14-17-20-21(25-20)18-15-12-10-8-6-4-5-7-9-11-13-16-19-22(23)24/h3,5-8,10-15,18,20-21H,2,4,9,16-17,19H2,1H3,(H,23,24)/b7-5-,8-6-,12-10-,13-11-,14-3-,18-15+/t20-,21?/m1/s1. The van der Waals surface area contributed by atoms with Crippen LogP contribution in [0.15, 0.2) is 72.9 Å². The number of aliphatic carboxylic acids is 1. The number of carboxylic acid groups (broad SMARTS) is 1. The Bertz CT molecular complexity index is 535. The van der Waals surface area contributed by atoms with Crippen molar-refractivity contribution in [2.24, 2.45) is 0 Å². The zero-order chi connectivity index (χ0) is 18.2. The molecule has 2 atom stereocenters. The molecule has 1 aliphatic heterocycles. The highest BCUT2D eigenvalue weighted by atomic mass is 16.6. The average molecular weight is 342 g/mol. The summed E-state index contributed by atoms with van der Waals surface area (Å²) in [6.07, 6.45) is 30.1. The fraction of sp³-hybridized carbons (Fsp3) is 0.409. The molecule has 3 heteroatoms. The molecule has 0 aliphatic carbocycles. The fourth-order valence-electron chi connectivity index (χ4n) is 2.14. The first-order valence-corrected chi connectivity index (χ1v) is 9.06. The Kier molecular flexibility index (Phi) is 11.9. The van der Waals surface area contributed by atoms with Gasteiger partial charge in [0.15, 0.2) is 0 Å². The lowest BCUT2D eigenvalue weighted by Crippen LogP contribution is -1.91. The highest BCUT2D eigenvalue weighted by Crippen LogP contribution is 2.26. The van der Waals surface area contributed by atoms with E-state index in [0.717, 1.165) is 25.7 Å². The van der Waals surface area contributed by atoms with Gasteiger partial charge in [-0.05, 0) is 32.1 Å². The van der Waals surface area contributed by atoms with Crippen molar-refractivity contribution in [2.45, 2.75) is 57.7 Å². The molecule has 0 bridgehead atoms. The predicted molar refractivity (Wildman–Crippen MR) is 105 cm³/mol. The summed E-state index contributed by atoms with van der Waals surface area (Å²) < 4.78 is 5.55. The van der Waals surface area contributed by atoms with Gasteiger partial charge < -0.3 is 9.84 Å². The summed E-state index contributed by atoms with van der Waals surface area (Å²) in [5.41, 5.74) is 0. The molecule has 3 nitrogen and oxygen atoms in total. The zero-order valence-corrected chi connectivity index (χ0v) is 15.1. The highest BCUT2D eigenvalue weighted by molar-refractivity contribution is 5.66. The fourth-order valence-corrected chi connectivity index (χ4v) is 2.14. The molecule has 0 amide bonds. The summed E-state index contributed by atoms with van der Waals surface area (Å²) in [6.45, 7) is 2.14. The normalized spacial score (nSPS) is 21.2. The first-order valence-electron chi connectivity index (χ1n) is 9.06. The Balaban J connectivity index is 2.01. The van der Waals surface area contributed by atoms with E-state index in [1.165, 1.54) is 0 Å². The maximum Gasteiger partial charge on any atom is 0.303 e. The van der Waals surface area contributed by atoms with Crippen LogP contribution in [0.2, 0.25) is 0 Å². The van der Waals surface area contributed by atoms with E-state index in [9.17, 15) is 4.79 Å². The maximum atomic E-state index is 10.3. The summed E-state index contributed by atoms with van der Waals surface area (Å²) in [6, 6.07) is 0. The molecule has 0 aromatic carbocycles. The Morgan fingerprint density at radius 3 is 2.40 bits per heavy atom. The van der Waals surface area contributed by atoms with E-state index in [-0.39, 0.29) is 12.5 Å². The van der Waals surface area contributed by atoms with Crippen molar-refractivity contribution in [1.29, 1.82) is 0 Å². The number of epoxide rings is 1. The zero-order valence-electron chi connectivity index (χ0n) is 15.1. The van der Waals surface area contributed by atoms with Gasteiger partial charge in [0.05, 0.1) is 6.10 Å². The van der Waals surface area contributed by atoms with Crippen molar-refractivity contribution in [1.82, 2.24) is 0 Å². The molecule has 1 aliphatic rings. The minimum absolute atomic E-state index is 0.202. The Morgan fingerprint density at radius 1 is 0.920 bits per heavy atom. The minimum Gasteiger partial charge on any atom is -0.481 e. The van der Waals surface area contributed by atoms with Crippen LogP contribution in [-0.2, 0) is 9.53 Å². The molecule has 1 unspecified atom stereocenters. The van der Waals surface area contributed by atoms with Crippen LogP contribution in [-0.4, -0.2) is 23.3 Å². The first-order chi connectivity index (χ1) is 12.2. The highest BCUT2D eigenvalue weighted by Gasteiger charge is 2.34. The molecule has 25 heavy (non-hydrogen) atoms. The molecule has 1 rings (SSSR count). The number of carboxylic acids is 1. The molecule has 0 aromatic heterocycles. The molecule has 0 aromatic rings. The van der Waals surface area contributed by atoms with Crippen LogP contribution < -0.4 is 0 Å². The van der Waals surface area contributed by atoms with Crippen LogP contribution in [0.5, 0.6) is 0 Å². The van der Waals surface area contributed by atoms with Gasteiger partial charge in [-0.25, -0.2) is 0 Å². The van der Waals surface area contributed by atoms with Crippen molar-refractivity contribution in [2.75, 3.05) is 0 Å². The smallest absolute Gasteiger partial charge is 0.303 e. The third kappa shape index (κ3) is 12.9. The van der Waals surface area contributed by atoms with Gasteiger partial charge in [-0.3, -0.25) is 4.79 Å². The van der Waals surface area contributed by atoms with Crippen molar-refractivity contribution >= 4 is 5.97 Å². The predicted octanol–water partition coefficient (Wildman–Crippen LogP) is 5.54. The summed E-state index contributed by atoms with van der Waals surface area (Å²) >= 11 is 0. The molecular weight excluding hydrogens is 312 g/mol. The minimum atomic E-state index is -0.748. The van der Waals surface area contributed by atoms with Crippen molar-refractivity contribution in [3.8, 4) is 0 Å². The van der Waals surface area contributed by atoms with Gasteiger partial charge in [0.1, 0.15) is 6.10 Å². The Labute approximate surface area is 151 Å². The van der Waals surface area contributed by atoms with E-state index in [1.54, 1.807) is 0 Å². The molecule has 1 N–H and O–H groups in total. The third-order valence-corrected chi connectivity index (χ3v) is 3.57. The second kappa shape index (κ2) is 14.2. The van der Waals surface area contributed by atoms with Crippen LogP contribution in [0, 0.1) is 0 Å². The van der Waals surface area contributed by atoms with Gasteiger partial charge in [0.2, 0.25) is 0 Å². The van der Waals surface area contributed by atoms with E-state index in [0.29, 0.717) is 12.5 Å². The summed E-state index contributed by atoms with van der Waals surface area (Å²) in [5, 5.41) is 8.50. The summed E-state index contributed by atoms with van der Waals surface area (Å²) in [7, 11) is 0. The number of allylic oxidation sites excluding steroid dienone is 10. The SMILES string of the molecule is CC/C=C\C[C@H]1OC1/C=C/C=C\C=C/C/C=C\C/C=C\CCC(=O)O. The Morgan fingerprint density at radius 2 is 1.64 bits per heavy atom. The van der Waals surface area contributed by atoms with E-state index in [1.807, 2.05) is 36.5 Å². The van der Waals surface area contributed by atoms with Gasteiger partial charge in [-0.2, -0.15) is 0 Å². The van der Waals surface area contributed by atoms with Gasteiger partial charge in [0, 0.05) is 6.42 Å². The number of hydrogen-bond acceptors (Lipinski definition) is 2. The molecule has 1 fully saturated rings. The molecule has 136 valence electrons. The second-order valence-corrected chi connectivity index (χ2v) is 5.80. The van der Waals surface area contributed by atoms with Crippen LogP contribution in [0.4, 0.5) is 0 Å². The second-order valence-electron chi connectivity index (χ2n) is 5.80. The number of ether oxygens (including phenoxy) is 1. The molecule has 1 saturated heterocycles.